The summed E-state index contributed by atoms with van der Waals surface area (Å²) >= 11 is 6.09. The number of nitrogens with one attached hydrogen (secondary N) is 1. The van der Waals surface area contributed by atoms with E-state index in [0.717, 1.165) is 11.3 Å². The first-order valence-corrected chi connectivity index (χ1v) is 6.18. The second-order valence-corrected chi connectivity index (χ2v) is 4.85. The van der Waals surface area contributed by atoms with Crippen molar-refractivity contribution in [1.29, 1.82) is 0 Å². The highest BCUT2D eigenvalue weighted by Crippen LogP contribution is 2.28. The molecule has 0 fully saturated rings. The lowest BCUT2D eigenvalue weighted by atomic mass is 10.2. The van der Waals surface area contributed by atoms with E-state index in [4.69, 9.17) is 17.3 Å². The van der Waals surface area contributed by atoms with Crippen LogP contribution >= 0.6 is 11.6 Å². The number of nitrogens with zero attached hydrogens (tertiary/aromatic N) is 3. The second kappa shape index (κ2) is 5.32. The Bertz CT molecular complexity index is 598. The minimum absolute atomic E-state index is 0.504. The van der Waals surface area contributed by atoms with Crippen LogP contribution in [0, 0.1) is 6.92 Å². The summed E-state index contributed by atoms with van der Waals surface area (Å²) in [6.07, 6.45) is 1.48. The third kappa shape index (κ3) is 2.88. The normalized spacial score (nSPS) is 10.3. The fraction of sp³-hybridized carbons (Fsp3) is 0.231. The molecule has 0 radical (unpaired) electrons. The highest BCUT2D eigenvalue weighted by atomic mass is 35.5. The summed E-state index contributed by atoms with van der Waals surface area (Å²) < 4.78 is 0. The molecule has 5 nitrogen and oxygen atoms in total. The zero-order valence-corrected chi connectivity index (χ0v) is 11.9. The molecule has 0 saturated heterocycles. The van der Waals surface area contributed by atoms with Gasteiger partial charge in [0.25, 0.3) is 0 Å². The number of anilines is 4. The number of nitrogen functional groups attached to an aromatic ring is 1. The molecule has 1 heterocycles. The maximum atomic E-state index is 6.09. The van der Waals surface area contributed by atoms with E-state index in [-0.39, 0.29) is 0 Å². The number of hydrogen-bond acceptors (Lipinski definition) is 5. The summed E-state index contributed by atoms with van der Waals surface area (Å²) in [5.74, 6) is 1.24. The van der Waals surface area contributed by atoms with Crippen molar-refractivity contribution in [1.82, 2.24) is 9.97 Å². The first-order valence-electron chi connectivity index (χ1n) is 5.80. The molecule has 0 atom stereocenters. The standard InChI is InChI=1S/C13H16ClN5/c1-8-4-5-9(6-10(8)14)18-12-11(15)13(19(2)3)17-7-16-12/h4-7H,15H2,1-3H3,(H,16,17,18). The molecule has 0 aliphatic heterocycles. The van der Waals surface area contributed by atoms with Gasteiger partial charge in [-0.1, -0.05) is 17.7 Å². The number of hydrogen-bond donors (Lipinski definition) is 2. The van der Waals surface area contributed by atoms with Gasteiger partial charge in [-0.25, -0.2) is 9.97 Å². The minimum atomic E-state index is 0.504. The molecular weight excluding hydrogens is 262 g/mol. The van der Waals surface area contributed by atoms with Crippen molar-refractivity contribution in [2.75, 3.05) is 30.0 Å². The predicted molar refractivity (Wildman–Crippen MR) is 80.2 cm³/mol. The Hall–Kier alpha value is -2.01. The molecule has 1 aromatic heterocycles. The molecule has 3 N–H and O–H groups in total. The topological polar surface area (TPSA) is 67.1 Å². The van der Waals surface area contributed by atoms with Crippen molar-refractivity contribution >= 4 is 34.6 Å². The van der Waals surface area contributed by atoms with Crippen molar-refractivity contribution in [3.63, 3.8) is 0 Å². The monoisotopic (exact) mass is 277 g/mol. The van der Waals surface area contributed by atoms with Crippen LogP contribution in [0.4, 0.5) is 23.0 Å². The Labute approximate surface area is 117 Å². The third-order valence-corrected chi connectivity index (χ3v) is 3.13. The van der Waals surface area contributed by atoms with Crippen LogP contribution in [-0.2, 0) is 0 Å². The van der Waals surface area contributed by atoms with Crippen LogP contribution in [0.2, 0.25) is 5.02 Å². The smallest absolute Gasteiger partial charge is 0.159 e. The van der Waals surface area contributed by atoms with Crippen LogP contribution in [0.5, 0.6) is 0 Å². The van der Waals surface area contributed by atoms with E-state index in [1.807, 2.05) is 44.1 Å². The van der Waals surface area contributed by atoms with Crippen molar-refractivity contribution < 1.29 is 0 Å². The Balaban J connectivity index is 2.33. The van der Waals surface area contributed by atoms with Gasteiger partial charge >= 0.3 is 0 Å². The summed E-state index contributed by atoms with van der Waals surface area (Å²) in [5, 5.41) is 3.85. The fourth-order valence-corrected chi connectivity index (χ4v) is 1.83. The highest BCUT2D eigenvalue weighted by molar-refractivity contribution is 6.31. The van der Waals surface area contributed by atoms with Gasteiger partial charge in [0.15, 0.2) is 11.6 Å². The summed E-state index contributed by atoms with van der Waals surface area (Å²) in [4.78, 5) is 10.1. The molecule has 6 heteroatoms. The van der Waals surface area contributed by atoms with Crippen molar-refractivity contribution in [2.45, 2.75) is 6.92 Å². The number of aromatic nitrogens is 2. The molecule has 2 aromatic rings. The van der Waals surface area contributed by atoms with E-state index < -0.39 is 0 Å². The molecule has 0 aliphatic rings. The van der Waals surface area contributed by atoms with Crippen LogP contribution in [0.15, 0.2) is 24.5 Å². The van der Waals surface area contributed by atoms with E-state index in [0.29, 0.717) is 22.3 Å². The average Bonchev–Trinajstić information content (AvgIpc) is 2.36. The molecule has 0 unspecified atom stereocenters. The van der Waals surface area contributed by atoms with Crippen molar-refractivity contribution in [3.05, 3.63) is 35.1 Å². The van der Waals surface area contributed by atoms with Gasteiger partial charge in [0.05, 0.1) is 0 Å². The van der Waals surface area contributed by atoms with Crippen LogP contribution in [-0.4, -0.2) is 24.1 Å². The largest absolute Gasteiger partial charge is 0.393 e. The van der Waals surface area contributed by atoms with Crippen LogP contribution in [0.1, 0.15) is 5.56 Å². The summed E-state index contributed by atoms with van der Waals surface area (Å²) in [5.41, 5.74) is 8.41. The van der Waals surface area contributed by atoms with Gasteiger partial charge in [0.1, 0.15) is 12.0 Å². The van der Waals surface area contributed by atoms with E-state index in [9.17, 15) is 0 Å². The van der Waals surface area contributed by atoms with Crippen molar-refractivity contribution in [2.24, 2.45) is 0 Å². The first-order chi connectivity index (χ1) is 8.99. The van der Waals surface area contributed by atoms with Crippen molar-refractivity contribution in [3.8, 4) is 0 Å². The molecule has 0 bridgehead atoms. The summed E-state index contributed by atoms with van der Waals surface area (Å²) in [7, 11) is 3.76. The maximum Gasteiger partial charge on any atom is 0.159 e. The van der Waals surface area contributed by atoms with Gasteiger partial charge in [-0.05, 0) is 24.6 Å². The Morgan fingerprint density at radius 2 is 2.00 bits per heavy atom. The lowest BCUT2D eigenvalue weighted by Gasteiger charge is -2.16. The quantitative estimate of drug-likeness (QED) is 0.903. The van der Waals surface area contributed by atoms with Gasteiger partial charge in [-0.3, -0.25) is 0 Å². The average molecular weight is 278 g/mol. The lowest BCUT2D eigenvalue weighted by molar-refractivity contribution is 1.04. The maximum absolute atomic E-state index is 6.09. The van der Waals surface area contributed by atoms with Crippen LogP contribution < -0.4 is 16.0 Å². The molecular formula is C13H16ClN5. The van der Waals surface area contributed by atoms with E-state index >= 15 is 0 Å². The molecule has 100 valence electrons. The summed E-state index contributed by atoms with van der Waals surface area (Å²) in [6, 6.07) is 5.71. The first kappa shape index (κ1) is 13.4. The second-order valence-electron chi connectivity index (χ2n) is 4.44. The SMILES string of the molecule is Cc1ccc(Nc2ncnc(N(C)C)c2N)cc1Cl. The predicted octanol–water partition coefficient (Wildman–Crippen LogP) is 2.83. The number of rotatable bonds is 3. The van der Waals surface area contributed by atoms with Crippen LogP contribution in [0.25, 0.3) is 0 Å². The molecule has 0 spiro atoms. The molecule has 19 heavy (non-hydrogen) atoms. The third-order valence-electron chi connectivity index (χ3n) is 2.72. The lowest BCUT2D eigenvalue weighted by Crippen LogP contribution is -2.14. The van der Waals surface area contributed by atoms with Gasteiger partial charge in [0.2, 0.25) is 0 Å². The van der Waals surface area contributed by atoms with Crippen LogP contribution in [0.3, 0.4) is 0 Å². The Kier molecular flexibility index (Phi) is 3.76. The zero-order valence-electron chi connectivity index (χ0n) is 11.1. The number of benzene rings is 1. The molecule has 2 rings (SSSR count). The van der Waals surface area contributed by atoms with E-state index in [1.54, 1.807) is 0 Å². The Morgan fingerprint density at radius 3 is 2.63 bits per heavy atom. The van der Waals surface area contributed by atoms with Gasteiger partial charge in [0, 0.05) is 24.8 Å². The van der Waals surface area contributed by atoms with Gasteiger partial charge < -0.3 is 16.0 Å². The molecule has 0 aliphatic carbocycles. The minimum Gasteiger partial charge on any atom is -0.393 e. The number of nitrogens with two attached hydrogens (primary N) is 1. The number of aryl methyl sites for hydroxylation is 1. The molecule has 1 aromatic carbocycles. The highest BCUT2D eigenvalue weighted by Gasteiger charge is 2.10. The zero-order chi connectivity index (χ0) is 14.0. The van der Waals surface area contributed by atoms with Gasteiger partial charge in [-0.15, -0.1) is 0 Å². The Morgan fingerprint density at radius 1 is 1.26 bits per heavy atom. The van der Waals surface area contributed by atoms with E-state index in [2.05, 4.69) is 15.3 Å². The number of halogens is 1. The summed E-state index contributed by atoms with van der Waals surface area (Å²) in [6.45, 7) is 1.95. The molecule has 0 amide bonds. The van der Waals surface area contributed by atoms with Gasteiger partial charge in [-0.2, -0.15) is 0 Å². The fourth-order valence-electron chi connectivity index (χ4n) is 1.65. The van der Waals surface area contributed by atoms with E-state index in [1.165, 1.54) is 6.33 Å². The molecule has 0 saturated carbocycles.